The van der Waals surface area contributed by atoms with E-state index in [1.165, 1.54) is 11.3 Å². The second kappa shape index (κ2) is 6.12. The lowest BCUT2D eigenvalue weighted by molar-refractivity contribution is 0.0957. The van der Waals surface area contributed by atoms with Crippen LogP contribution in [0.3, 0.4) is 0 Å². The predicted molar refractivity (Wildman–Crippen MR) is 66.2 cm³/mol. The van der Waals surface area contributed by atoms with Crippen LogP contribution in [0.5, 0.6) is 5.75 Å². The number of hydrogen-bond acceptors (Lipinski definition) is 3. The molecule has 1 aromatic rings. The van der Waals surface area contributed by atoms with E-state index in [0.29, 0.717) is 16.2 Å². The quantitative estimate of drug-likeness (QED) is 0.847. The van der Waals surface area contributed by atoms with Gasteiger partial charge in [-0.3, -0.25) is 4.79 Å². The third-order valence-electron chi connectivity index (χ3n) is 1.86. The number of hydrogen-bond donors (Lipinski definition) is 1. The van der Waals surface area contributed by atoms with Gasteiger partial charge in [-0.25, -0.2) is 0 Å². The van der Waals surface area contributed by atoms with Crippen molar-refractivity contribution in [3.63, 3.8) is 0 Å². The minimum absolute atomic E-state index is 0.0311. The summed E-state index contributed by atoms with van der Waals surface area (Å²) in [6.45, 7) is 2.74. The van der Waals surface area contributed by atoms with Crippen molar-refractivity contribution in [2.45, 2.75) is 18.2 Å². The highest BCUT2D eigenvalue weighted by Gasteiger charge is 2.08. The van der Waals surface area contributed by atoms with E-state index in [1.807, 2.05) is 5.38 Å². The lowest BCUT2D eigenvalue weighted by atomic mass is 10.3. The van der Waals surface area contributed by atoms with Crippen LogP contribution in [0.15, 0.2) is 11.4 Å². The Bertz CT molecular complexity index is 325. The molecule has 1 heterocycles. The molecule has 5 heteroatoms. The summed E-state index contributed by atoms with van der Waals surface area (Å²) in [4.78, 5) is 12.7. The standard InChI is InChI=1S/C10H14BrNO2S/c1-7(11)3-4-12-10(13)9-5-8(14-2)6-15-9/h5-7H,3-4H2,1-2H3,(H,12,13). The maximum Gasteiger partial charge on any atom is 0.261 e. The van der Waals surface area contributed by atoms with Gasteiger partial charge in [-0.2, -0.15) is 0 Å². The van der Waals surface area contributed by atoms with Crippen LogP contribution in [0, 0.1) is 0 Å². The van der Waals surface area contributed by atoms with Gasteiger partial charge in [0.1, 0.15) is 5.75 Å². The summed E-state index contributed by atoms with van der Waals surface area (Å²) in [7, 11) is 1.59. The molecule has 0 aliphatic heterocycles. The Labute approximate surface area is 102 Å². The van der Waals surface area contributed by atoms with Crippen LogP contribution in [0.25, 0.3) is 0 Å². The van der Waals surface area contributed by atoms with Crippen molar-refractivity contribution in [2.24, 2.45) is 0 Å². The summed E-state index contributed by atoms with van der Waals surface area (Å²) in [6.07, 6.45) is 0.925. The van der Waals surface area contributed by atoms with Crippen molar-refractivity contribution < 1.29 is 9.53 Å². The average Bonchev–Trinajstić information content (AvgIpc) is 2.65. The molecule has 1 N–H and O–H groups in total. The number of thiophene rings is 1. The highest BCUT2D eigenvalue weighted by atomic mass is 79.9. The monoisotopic (exact) mass is 291 g/mol. The first kappa shape index (κ1) is 12.5. The van der Waals surface area contributed by atoms with Crippen molar-refractivity contribution in [1.29, 1.82) is 0 Å². The molecule has 3 nitrogen and oxygen atoms in total. The molecule has 0 aromatic carbocycles. The van der Waals surface area contributed by atoms with E-state index in [9.17, 15) is 4.79 Å². The van der Waals surface area contributed by atoms with Crippen LogP contribution in [0.4, 0.5) is 0 Å². The molecule has 0 aliphatic carbocycles. The van der Waals surface area contributed by atoms with Gasteiger partial charge in [-0.15, -0.1) is 11.3 Å². The molecule has 0 radical (unpaired) electrons. The topological polar surface area (TPSA) is 38.3 Å². The normalized spacial score (nSPS) is 12.2. The number of rotatable bonds is 5. The highest BCUT2D eigenvalue weighted by Crippen LogP contribution is 2.20. The van der Waals surface area contributed by atoms with Gasteiger partial charge in [0.2, 0.25) is 0 Å². The van der Waals surface area contributed by atoms with Gasteiger partial charge in [0.15, 0.2) is 0 Å². The molecule has 1 amide bonds. The summed E-state index contributed by atoms with van der Waals surface area (Å²) in [5.74, 6) is 0.704. The Morgan fingerprint density at radius 2 is 2.47 bits per heavy atom. The molecule has 0 spiro atoms. The van der Waals surface area contributed by atoms with Crippen molar-refractivity contribution in [3.8, 4) is 5.75 Å². The molecule has 1 atom stereocenters. The molecule has 0 fully saturated rings. The van der Waals surface area contributed by atoms with Gasteiger partial charge in [0, 0.05) is 22.8 Å². The fourth-order valence-electron chi connectivity index (χ4n) is 1.02. The second-order valence-electron chi connectivity index (χ2n) is 3.18. The second-order valence-corrected chi connectivity index (χ2v) is 5.65. The molecule has 1 aromatic heterocycles. The molecular formula is C10H14BrNO2S. The molecule has 0 bridgehead atoms. The van der Waals surface area contributed by atoms with Gasteiger partial charge >= 0.3 is 0 Å². The number of methoxy groups -OCH3 is 1. The third kappa shape index (κ3) is 4.22. The Kier molecular flexibility index (Phi) is 5.11. The van der Waals surface area contributed by atoms with Gasteiger partial charge in [0.25, 0.3) is 5.91 Å². The predicted octanol–water partition coefficient (Wildman–Crippen LogP) is 2.66. The van der Waals surface area contributed by atoms with Crippen LogP contribution >= 0.6 is 27.3 Å². The Morgan fingerprint density at radius 3 is 3.00 bits per heavy atom. The largest absolute Gasteiger partial charge is 0.496 e. The lowest BCUT2D eigenvalue weighted by Crippen LogP contribution is -2.24. The number of halogens is 1. The van der Waals surface area contributed by atoms with E-state index in [2.05, 4.69) is 28.2 Å². The van der Waals surface area contributed by atoms with E-state index in [1.54, 1.807) is 13.2 Å². The molecule has 0 saturated heterocycles. The van der Waals surface area contributed by atoms with Crippen molar-refractivity contribution in [3.05, 3.63) is 16.3 Å². The average molecular weight is 292 g/mol. The molecule has 0 aliphatic rings. The summed E-state index contributed by atoms with van der Waals surface area (Å²) in [6, 6.07) is 1.75. The Hall–Kier alpha value is -0.550. The molecule has 0 saturated carbocycles. The molecule has 1 rings (SSSR count). The minimum Gasteiger partial charge on any atom is -0.496 e. The summed E-state index contributed by atoms with van der Waals surface area (Å²) >= 11 is 4.82. The molecule has 15 heavy (non-hydrogen) atoms. The van der Waals surface area contributed by atoms with Crippen molar-refractivity contribution in [1.82, 2.24) is 5.32 Å². The van der Waals surface area contributed by atoms with Gasteiger partial charge in [0.05, 0.1) is 12.0 Å². The number of amides is 1. The number of nitrogens with one attached hydrogen (secondary N) is 1. The van der Waals surface area contributed by atoms with Crippen molar-refractivity contribution >= 4 is 33.2 Å². The van der Waals surface area contributed by atoms with E-state index < -0.39 is 0 Å². The number of alkyl halides is 1. The van der Waals surface area contributed by atoms with Gasteiger partial charge in [-0.05, 0) is 6.42 Å². The van der Waals surface area contributed by atoms with Gasteiger partial charge < -0.3 is 10.1 Å². The first-order valence-corrected chi connectivity index (χ1v) is 6.48. The molecule has 1 unspecified atom stereocenters. The maximum atomic E-state index is 11.6. The lowest BCUT2D eigenvalue weighted by Gasteiger charge is -2.04. The summed E-state index contributed by atoms with van der Waals surface area (Å²) in [5.41, 5.74) is 0. The van der Waals surface area contributed by atoms with Crippen LogP contribution in [0.1, 0.15) is 23.0 Å². The van der Waals surface area contributed by atoms with Crippen LogP contribution < -0.4 is 10.1 Å². The van der Waals surface area contributed by atoms with Crippen LogP contribution in [0.2, 0.25) is 0 Å². The Morgan fingerprint density at radius 1 is 1.73 bits per heavy atom. The zero-order chi connectivity index (χ0) is 11.3. The summed E-state index contributed by atoms with van der Waals surface area (Å²) < 4.78 is 5.01. The van der Waals surface area contributed by atoms with E-state index in [4.69, 9.17) is 4.74 Å². The van der Waals surface area contributed by atoms with Gasteiger partial charge in [-0.1, -0.05) is 22.9 Å². The Balaban J connectivity index is 2.40. The van der Waals surface area contributed by atoms with Crippen molar-refractivity contribution in [2.75, 3.05) is 13.7 Å². The molecular weight excluding hydrogens is 278 g/mol. The number of ether oxygens (including phenoxy) is 1. The fraction of sp³-hybridized carbons (Fsp3) is 0.500. The minimum atomic E-state index is -0.0311. The fourth-order valence-corrected chi connectivity index (χ4v) is 2.02. The van der Waals surface area contributed by atoms with Crippen LogP contribution in [-0.4, -0.2) is 24.4 Å². The number of carbonyl (C=O) groups excluding carboxylic acids is 1. The number of carbonyl (C=O) groups is 1. The SMILES string of the molecule is COc1csc(C(=O)NCCC(C)Br)c1. The van der Waals surface area contributed by atoms with E-state index in [0.717, 1.165) is 12.2 Å². The van der Waals surface area contributed by atoms with E-state index in [-0.39, 0.29) is 5.91 Å². The first-order valence-electron chi connectivity index (χ1n) is 4.68. The zero-order valence-electron chi connectivity index (χ0n) is 8.75. The zero-order valence-corrected chi connectivity index (χ0v) is 11.2. The highest BCUT2D eigenvalue weighted by molar-refractivity contribution is 9.09. The van der Waals surface area contributed by atoms with Crippen LogP contribution in [-0.2, 0) is 0 Å². The smallest absolute Gasteiger partial charge is 0.261 e. The maximum absolute atomic E-state index is 11.6. The first-order chi connectivity index (χ1) is 7.13. The molecule has 84 valence electrons. The summed E-state index contributed by atoms with van der Waals surface area (Å²) in [5, 5.41) is 4.68. The third-order valence-corrected chi connectivity index (χ3v) is 3.23. The van der Waals surface area contributed by atoms with E-state index >= 15 is 0 Å².